The van der Waals surface area contributed by atoms with E-state index in [9.17, 15) is 9.59 Å². The number of nitrogens with one attached hydrogen (secondary N) is 1. The molecule has 86 valence electrons. The van der Waals surface area contributed by atoms with Crippen LogP contribution in [-0.4, -0.2) is 24.0 Å². The number of halogens is 1. The highest BCUT2D eigenvalue weighted by Crippen LogP contribution is 2.09. The van der Waals surface area contributed by atoms with Gasteiger partial charge in [-0.3, -0.25) is 9.59 Å². The first-order valence-corrected chi connectivity index (χ1v) is 4.99. The van der Waals surface area contributed by atoms with Crippen LogP contribution in [0.25, 0.3) is 0 Å². The predicted octanol–water partition coefficient (Wildman–Crippen LogP) is 1.63. The van der Waals surface area contributed by atoms with Crippen molar-refractivity contribution in [2.75, 3.05) is 12.4 Å². The molecule has 0 aliphatic rings. The number of pyridine rings is 1. The van der Waals surface area contributed by atoms with Gasteiger partial charge in [-0.1, -0.05) is 17.7 Å². The molecule has 0 atom stereocenters. The van der Waals surface area contributed by atoms with Gasteiger partial charge in [0.2, 0.25) is 5.91 Å². The van der Waals surface area contributed by atoms with Gasteiger partial charge in [0.1, 0.15) is 11.0 Å². The number of aromatic nitrogens is 1. The zero-order valence-corrected chi connectivity index (χ0v) is 9.45. The molecular weight excluding hydrogens is 232 g/mol. The Kier molecular flexibility index (Phi) is 4.72. The molecule has 1 heterocycles. The molecule has 0 saturated carbocycles. The van der Waals surface area contributed by atoms with Gasteiger partial charge in [0, 0.05) is 6.42 Å². The monoisotopic (exact) mass is 242 g/mol. The molecule has 0 aliphatic carbocycles. The maximum atomic E-state index is 11.3. The molecule has 16 heavy (non-hydrogen) atoms. The SMILES string of the molecule is COC(=O)CCC(=O)Nc1cccc(Cl)n1. The number of anilines is 1. The molecule has 1 aromatic heterocycles. The topological polar surface area (TPSA) is 68.3 Å². The van der Waals surface area contributed by atoms with Crippen molar-refractivity contribution < 1.29 is 14.3 Å². The van der Waals surface area contributed by atoms with E-state index in [4.69, 9.17) is 11.6 Å². The van der Waals surface area contributed by atoms with Crippen molar-refractivity contribution in [2.45, 2.75) is 12.8 Å². The summed E-state index contributed by atoms with van der Waals surface area (Å²) in [5, 5.41) is 2.82. The van der Waals surface area contributed by atoms with Crippen molar-refractivity contribution in [1.82, 2.24) is 4.98 Å². The summed E-state index contributed by atoms with van der Waals surface area (Å²) in [7, 11) is 1.28. The first-order valence-electron chi connectivity index (χ1n) is 4.61. The Balaban J connectivity index is 2.43. The van der Waals surface area contributed by atoms with Crippen LogP contribution in [-0.2, 0) is 14.3 Å². The van der Waals surface area contributed by atoms with Crippen LogP contribution in [0.1, 0.15) is 12.8 Å². The van der Waals surface area contributed by atoms with Crippen molar-refractivity contribution in [1.29, 1.82) is 0 Å². The van der Waals surface area contributed by atoms with Crippen molar-refractivity contribution in [3.8, 4) is 0 Å². The lowest BCUT2D eigenvalue weighted by Crippen LogP contribution is -2.14. The summed E-state index contributed by atoms with van der Waals surface area (Å²) in [4.78, 5) is 26.0. The number of methoxy groups -OCH3 is 1. The first-order chi connectivity index (χ1) is 7.61. The summed E-state index contributed by atoms with van der Waals surface area (Å²) in [6, 6.07) is 4.89. The Bertz CT molecular complexity index is 395. The first kappa shape index (κ1) is 12.4. The molecule has 1 amide bonds. The minimum absolute atomic E-state index is 0.0445. The lowest BCUT2D eigenvalue weighted by molar-refractivity contribution is -0.141. The molecule has 0 radical (unpaired) electrons. The number of amides is 1. The normalized spacial score (nSPS) is 9.62. The molecule has 6 heteroatoms. The molecule has 5 nitrogen and oxygen atoms in total. The number of hydrogen-bond donors (Lipinski definition) is 1. The average molecular weight is 243 g/mol. The molecule has 0 spiro atoms. The molecule has 0 bridgehead atoms. The van der Waals surface area contributed by atoms with E-state index in [1.165, 1.54) is 7.11 Å². The number of hydrogen-bond acceptors (Lipinski definition) is 4. The van der Waals surface area contributed by atoms with Crippen molar-refractivity contribution in [2.24, 2.45) is 0 Å². The van der Waals surface area contributed by atoms with Gasteiger partial charge in [0.05, 0.1) is 13.5 Å². The molecule has 0 saturated heterocycles. The highest BCUT2D eigenvalue weighted by molar-refractivity contribution is 6.29. The van der Waals surface area contributed by atoms with Crippen LogP contribution in [0.3, 0.4) is 0 Å². The number of carbonyl (C=O) groups is 2. The second-order valence-corrected chi connectivity index (χ2v) is 3.36. The molecular formula is C10H11ClN2O3. The van der Waals surface area contributed by atoms with Gasteiger partial charge >= 0.3 is 5.97 Å². The maximum absolute atomic E-state index is 11.3. The van der Waals surface area contributed by atoms with E-state index >= 15 is 0 Å². The fourth-order valence-electron chi connectivity index (χ4n) is 1.00. The third-order valence-electron chi connectivity index (χ3n) is 1.77. The smallest absolute Gasteiger partial charge is 0.306 e. The maximum Gasteiger partial charge on any atom is 0.306 e. The number of nitrogens with zero attached hydrogens (tertiary/aromatic N) is 1. The Morgan fingerprint density at radius 1 is 1.44 bits per heavy atom. The van der Waals surface area contributed by atoms with Crippen LogP contribution >= 0.6 is 11.6 Å². The Morgan fingerprint density at radius 3 is 2.81 bits per heavy atom. The fourth-order valence-corrected chi connectivity index (χ4v) is 1.16. The highest BCUT2D eigenvalue weighted by atomic mass is 35.5. The van der Waals surface area contributed by atoms with Crippen LogP contribution in [0, 0.1) is 0 Å². The van der Waals surface area contributed by atoms with Gasteiger partial charge < -0.3 is 10.1 Å². The Labute approximate surface area is 97.8 Å². The van der Waals surface area contributed by atoms with Gasteiger partial charge in [-0.05, 0) is 12.1 Å². The van der Waals surface area contributed by atoms with E-state index in [1.807, 2.05) is 0 Å². The van der Waals surface area contributed by atoms with E-state index in [-0.39, 0.29) is 18.7 Å². The number of esters is 1. The van der Waals surface area contributed by atoms with E-state index in [2.05, 4.69) is 15.0 Å². The summed E-state index contributed by atoms with van der Waals surface area (Å²) >= 11 is 5.64. The number of carbonyl (C=O) groups excluding carboxylic acids is 2. The van der Waals surface area contributed by atoms with E-state index in [0.29, 0.717) is 11.0 Å². The van der Waals surface area contributed by atoms with Crippen LogP contribution in [0.2, 0.25) is 5.15 Å². The van der Waals surface area contributed by atoms with Crippen molar-refractivity contribution in [3.63, 3.8) is 0 Å². The Hall–Kier alpha value is -1.62. The summed E-state index contributed by atoms with van der Waals surface area (Å²) < 4.78 is 4.41. The summed E-state index contributed by atoms with van der Waals surface area (Å²) in [6.07, 6.45) is 0.101. The lowest BCUT2D eigenvalue weighted by Gasteiger charge is -2.03. The van der Waals surface area contributed by atoms with Crippen LogP contribution < -0.4 is 5.32 Å². The van der Waals surface area contributed by atoms with E-state index in [1.54, 1.807) is 18.2 Å². The standard InChI is InChI=1S/C10H11ClN2O3/c1-16-10(15)6-5-9(14)13-8-4-2-3-7(11)12-8/h2-4H,5-6H2,1H3,(H,12,13,14). The van der Waals surface area contributed by atoms with Gasteiger partial charge in [-0.15, -0.1) is 0 Å². The second-order valence-electron chi connectivity index (χ2n) is 2.97. The molecule has 0 aromatic carbocycles. The summed E-state index contributed by atoms with van der Waals surface area (Å²) in [5.41, 5.74) is 0. The minimum Gasteiger partial charge on any atom is -0.469 e. The predicted molar refractivity (Wildman–Crippen MR) is 59.1 cm³/mol. The third-order valence-corrected chi connectivity index (χ3v) is 1.98. The van der Waals surface area contributed by atoms with Gasteiger partial charge in [-0.25, -0.2) is 4.98 Å². The molecule has 0 aliphatic heterocycles. The average Bonchev–Trinajstić information content (AvgIpc) is 2.26. The molecule has 1 N–H and O–H groups in total. The zero-order valence-electron chi connectivity index (χ0n) is 8.70. The third kappa shape index (κ3) is 4.27. The van der Waals surface area contributed by atoms with Gasteiger partial charge in [0.15, 0.2) is 0 Å². The molecule has 1 aromatic rings. The van der Waals surface area contributed by atoms with Crippen molar-refractivity contribution >= 4 is 29.3 Å². The zero-order chi connectivity index (χ0) is 12.0. The van der Waals surface area contributed by atoms with Crippen LogP contribution in [0.15, 0.2) is 18.2 Å². The molecule has 0 fully saturated rings. The lowest BCUT2D eigenvalue weighted by atomic mass is 10.3. The Morgan fingerprint density at radius 2 is 2.19 bits per heavy atom. The number of ether oxygens (including phenoxy) is 1. The highest BCUT2D eigenvalue weighted by Gasteiger charge is 2.07. The summed E-state index contributed by atoms with van der Waals surface area (Å²) in [6.45, 7) is 0. The van der Waals surface area contributed by atoms with Crippen LogP contribution in [0.5, 0.6) is 0 Å². The second kappa shape index (κ2) is 6.07. The van der Waals surface area contributed by atoms with Crippen molar-refractivity contribution in [3.05, 3.63) is 23.4 Å². The molecule has 1 rings (SSSR count). The minimum atomic E-state index is -0.422. The number of rotatable bonds is 4. The van der Waals surface area contributed by atoms with E-state index in [0.717, 1.165) is 0 Å². The van der Waals surface area contributed by atoms with Crippen LogP contribution in [0.4, 0.5) is 5.82 Å². The van der Waals surface area contributed by atoms with Gasteiger partial charge in [0.25, 0.3) is 0 Å². The largest absolute Gasteiger partial charge is 0.469 e. The summed E-state index contributed by atoms with van der Waals surface area (Å²) in [5.74, 6) is -0.364. The molecule has 0 unspecified atom stereocenters. The fraction of sp³-hybridized carbons (Fsp3) is 0.300. The van der Waals surface area contributed by atoms with Gasteiger partial charge in [-0.2, -0.15) is 0 Å². The quantitative estimate of drug-likeness (QED) is 0.644. The van der Waals surface area contributed by atoms with E-state index < -0.39 is 5.97 Å².